The lowest BCUT2D eigenvalue weighted by molar-refractivity contribution is -0.141. The fourth-order valence-electron chi connectivity index (χ4n) is 1.89. The number of aromatic nitrogens is 4. The van der Waals surface area contributed by atoms with Crippen molar-refractivity contribution in [2.75, 3.05) is 19.5 Å². The number of imidazole rings is 1. The summed E-state index contributed by atoms with van der Waals surface area (Å²) in [6.07, 6.45) is 3.21. The third-order valence-electron chi connectivity index (χ3n) is 2.86. The number of carbonyl (C=O) groups is 1. The highest BCUT2D eigenvalue weighted by Gasteiger charge is 2.19. The Hall–Kier alpha value is -2.22. The molecule has 0 aliphatic carbocycles. The van der Waals surface area contributed by atoms with Crippen LogP contribution in [0.3, 0.4) is 0 Å². The van der Waals surface area contributed by atoms with Crippen molar-refractivity contribution in [2.24, 2.45) is 0 Å². The number of anilines is 1. The summed E-state index contributed by atoms with van der Waals surface area (Å²) in [4.78, 5) is 23.4. The van der Waals surface area contributed by atoms with Crippen LogP contribution in [0.2, 0.25) is 0 Å². The maximum absolute atomic E-state index is 11.4. The summed E-state index contributed by atoms with van der Waals surface area (Å²) in [5, 5.41) is 10.9. The second-order valence-electron chi connectivity index (χ2n) is 4.01. The van der Waals surface area contributed by atoms with Crippen LogP contribution in [0.1, 0.15) is 18.9 Å². The van der Waals surface area contributed by atoms with E-state index in [1.807, 2.05) is 0 Å². The summed E-state index contributed by atoms with van der Waals surface area (Å²) in [5.74, 6) is -0.120. The van der Waals surface area contributed by atoms with Crippen molar-refractivity contribution in [3.8, 4) is 0 Å². The van der Waals surface area contributed by atoms with Gasteiger partial charge in [-0.1, -0.05) is 0 Å². The van der Waals surface area contributed by atoms with Gasteiger partial charge in [-0.2, -0.15) is 0 Å². The van der Waals surface area contributed by atoms with Gasteiger partial charge in [0.1, 0.15) is 11.8 Å². The predicted molar refractivity (Wildman–Crippen MR) is 65.6 cm³/mol. The fraction of sp³-hybridized carbons (Fsp3) is 0.455. The number of esters is 1. The van der Waals surface area contributed by atoms with Gasteiger partial charge in [0.2, 0.25) is 0 Å². The molecule has 0 fully saturated rings. The molecule has 0 amide bonds. The molecule has 0 aliphatic heterocycles. The van der Waals surface area contributed by atoms with Gasteiger partial charge < -0.3 is 15.0 Å². The maximum Gasteiger partial charge on any atom is 0.307 e. The molecular weight excluding hydrogens is 250 g/mol. The highest BCUT2D eigenvalue weighted by molar-refractivity contribution is 5.81. The minimum atomic E-state index is -0.387. The van der Waals surface area contributed by atoms with E-state index in [4.69, 9.17) is 5.73 Å². The molecule has 2 rings (SSSR count). The molecule has 0 saturated heterocycles. The number of rotatable bonds is 5. The minimum absolute atomic E-state index is 0.0914. The predicted octanol–water partition coefficient (Wildman–Crippen LogP) is 0.333. The van der Waals surface area contributed by atoms with Gasteiger partial charge in [0.15, 0.2) is 11.5 Å². The first-order valence-corrected chi connectivity index (χ1v) is 5.75. The molecule has 19 heavy (non-hydrogen) atoms. The van der Waals surface area contributed by atoms with Gasteiger partial charge in [-0.25, -0.2) is 20.1 Å². The number of fused-ring (bicyclic) bond motifs is 1. The van der Waals surface area contributed by atoms with E-state index in [0.717, 1.165) is 0 Å². The van der Waals surface area contributed by atoms with E-state index in [2.05, 4.69) is 19.7 Å². The van der Waals surface area contributed by atoms with Gasteiger partial charge in [-0.3, -0.25) is 4.79 Å². The number of ether oxygens (including phenoxy) is 1. The number of carbonyl (C=O) groups excluding carboxylic acids is 1. The van der Waals surface area contributed by atoms with Gasteiger partial charge in [0.25, 0.3) is 0 Å². The molecule has 2 N–H and O–H groups in total. The van der Waals surface area contributed by atoms with Gasteiger partial charge in [0, 0.05) is 6.04 Å². The zero-order chi connectivity index (χ0) is 13.8. The Kier molecular flexibility index (Phi) is 3.91. The van der Waals surface area contributed by atoms with Gasteiger partial charge in [0.05, 0.1) is 26.5 Å². The van der Waals surface area contributed by atoms with E-state index in [9.17, 15) is 9.90 Å². The molecule has 8 heteroatoms. The third kappa shape index (κ3) is 2.63. The number of methoxy groups -OCH3 is 1. The van der Waals surface area contributed by atoms with Gasteiger partial charge >= 0.3 is 5.97 Å². The van der Waals surface area contributed by atoms with Crippen LogP contribution in [0.4, 0.5) is 5.82 Å². The van der Waals surface area contributed by atoms with Crippen LogP contribution in [-0.2, 0) is 14.6 Å². The first kappa shape index (κ1) is 13.2. The Labute approximate surface area is 109 Å². The smallest absolute Gasteiger partial charge is 0.307 e. The van der Waals surface area contributed by atoms with Crippen LogP contribution in [0.5, 0.6) is 0 Å². The topological polar surface area (TPSA) is 116 Å². The number of nitrogen functional groups attached to an aromatic ring is 1. The molecule has 0 aromatic carbocycles. The zero-order valence-corrected chi connectivity index (χ0v) is 10.4. The number of nitrogens with two attached hydrogens (primary N) is 1. The lowest BCUT2D eigenvalue weighted by Gasteiger charge is -2.16. The largest absolute Gasteiger partial charge is 0.469 e. The van der Waals surface area contributed by atoms with Crippen LogP contribution in [-0.4, -0.2) is 39.2 Å². The van der Waals surface area contributed by atoms with Crippen molar-refractivity contribution < 1.29 is 14.6 Å². The van der Waals surface area contributed by atoms with E-state index in [-0.39, 0.29) is 37.3 Å². The molecule has 0 spiro atoms. The molecule has 101 valence electrons. The molecule has 0 saturated carbocycles. The molecule has 0 aliphatic rings. The van der Waals surface area contributed by atoms with Crippen molar-refractivity contribution >= 4 is 23.0 Å². The molecule has 1 radical (unpaired) electrons. The van der Waals surface area contributed by atoms with Crippen LogP contribution >= 0.6 is 0 Å². The van der Waals surface area contributed by atoms with E-state index < -0.39 is 0 Å². The average molecular weight is 264 g/mol. The molecule has 8 nitrogen and oxygen atoms in total. The minimum Gasteiger partial charge on any atom is -0.469 e. The Morgan fingerprint density at radius 2 is 2.26 bits per heavy atom. The lowest BCUT2D eigenvalue weighted by atomic mass is 10.1. The van der Waals surface area contributed by atoms with Crippen LogP contribution in [0.15, 0.2) is 12.7 Å². The summed E-state index contributed by atoms with van der Waals surface area (Å²) >= 11 is 0. The standard InChI is InChI=1S/C11H14N5O3/c1-19-8(18)4-7(2-3-17)16-6-15-9-10(12)13-5-14-11(9)16/h5-7H,2-4H2,1H3,(H2,12,13,14). The average Bonchev–Trinajstić information content (AvgIpc) is 2.83. The van der Waals surface area contributed by atoms with Crippen molar-refractivity contribution in [3.63, 3.8) is 0 Å². The van der Waals surface area contributed by atoms with E-state index in [1.54, 1.807) is 4.57 Å². The highest BCUT2D eigenvalue weighted by atomic mass is 16.5. The molecule has 0 bridgehead atoms. The Balaban J connectivity index is 2.38. The Morgan fingerprint density at radius 1 is 1.47 bits per heavy atom. The maximum atomic E-state index is 11.4. The van der Waals surface area contributed by atoms with Gasteiger partial charge in [-0.05, 0) is 6.42 Å². The molecule has 1 atom stereocenters. The monoisotopic (exact) mass is 264 g/mol. The SMILES string of the molecule is COC(=O)CC(CC[O])n1cnc2c(N)ncnc21. The molecule has 2 aromatic heterocycles. The van der Waals surface area contributed by atoms with Crippen molar-refractivity contribution in [1.82, 2.24) is 19.5 Å². The summed E-state index contributed by atoms with van der Waals surface area (Å²) < 4.78 is 6.30. The van der Waals surface area contributed by atoms with Gasteiger partial charge in [-0.15, -0.1) is 0 Å². The molecule has 1 unspecified atom stereocenters. The van der Waals surface area contributed by atoms with Crippen LogP contribution in [0.25, 0.3) is 11.2 Å². The van der Waals surface area contributed by atoms with E-state index in [1.165, 1.54) is 19.8 Å². The second kappa shape index (κ2) is 5.61. The summed E-state index contributed by atoms with van der Waals surface area (Å²) in [6.45, 7) is -0.304. The second-order valence-corrected chi connectivity index (χ2v) is 4.01. The van der Waals surface area contributed by atoms with Crippen LogP contribution in [0, 0.1) is 0 Å². The van der Waals surface area contributed by atoms with E-state index in [0.29, 0.717) is 11.2 Å². The Morgan fingerprint density at radius 3 is 2.95 bits per heavy atom. The normalized spacial score (nSPS) is 12.5. The molecule has 2 aromatic rings. The number of hydrogen-bond donors (Lipinski definition) is 1. The summed E-state index contributed by atoms with van der Waals surface area (Å²) in [6, 6.07) is -0.343. The quantitative estimate of drug-likeness (QED) is 0.778. The number of hydrogen-bond acceptors (Lipinski definition) is 6. The van der Waals surface area contributed by atoms with Crippen molar-refractivity contribution in [1.29, 1.82) is 0 Å². The first-order chi connectivity index (χ1) is 9.17. The molecule has 2 heterocycles. The summed E-state index contributed by atoms with van der Waals surface area (Å²) in [5.41, 5.74) is 6.66. The highest BCUT2D eigenvalue weighted by Crippen LogP contribution is 2.23. The zero-order valence-electron chi connectivity index (χ0n) is 10.4. The van der Waals surface area contributed by atoms with Crippen LogP contribution < -0.4 is 5.73 Å². The fourth-order valence-corrected chi connectivity index (χ4v) is 1.89. The van der Waals surface area contributed by atoms with Crippen molar-refractivity contribution in [3.05, 3.63) is 12.7 Å². The summed E-state index contributed by atoms with van der Waals surface area (Å²) in [7, 11) is 1.31. The first-order valence-electron chi connectivity index (χ1n) is 5.75. The third-order valence-corrected chi connectivity index (χ3v) is 2.86. The lowest BCUT2D eigenvalue weighted by Crippen LogP contribution is -2.16. The molecular formula is C11H14N5O3. The Bertz CT molecular complexity index is 583. The van der Waals surface area contributed by atoms with E-state index >= 15 is 0 Å². The van der Waals surface area contributed by atoms with Crippen molar-refractivity contribution in [2.45, 2.75) is 18.9 Å². The number of nitrogens with zero attached hydrogens (tertiary/aromatic N) is 4.